The molecule has 0 aromatic carbocycles. The normalized spacial score (nSPS) is 11.9. The molecule has 0 aliphatic heterocycles. The van der Waals surface area contributed by atoms with Gasteiger partial charge in [-0.15, -0.1) is 11.3 Å². The Balaban J connectivity index is 2.17. The Morgan fingerprint density at radius 2 is 2.17 bits per heavy atom. The zero-order chi connectivity index (χ0) is 13.2. The number of rotatable bonds is 4. The van der Waals surface area contributed by atoms with Gasteiger partial charge in [-0.3, -0.25) is 0 Å². The zero-order valence-corrected chi connectivity index (χ0v) is 12.0. The van der Waals surface area contributed by atoms with Gasteiger partial charge in [-0.2, -0.15) is 4.31 Å². The van der Waals surface area contributed by atoms with E-state index in [9.17, 15) is 8.42 Å². The Morgan fingerprint density at radius 3 is 2.72 bits per heavy atom. The Morgan fingerprint density at radius 1 is 1.39 bits per heavy atom. The summed E-state index contributed by atoms with van der Waals surface area (Å²) < 4.78 is 25.9. The third-order valence-corrected chi connectivity index (χ3v) is 5.75. The van der Waals surface area contributed by atoms with Crippen molar-refractivity contribution in [2.45, 2.75) is 10.8 Å². The lowest BCUT2D eigenvalue weighted by molar-refractivity contribution is 0.468. The molecule has 2 rings (SSSR count). The van der Waals surface area contributed by atoms with Crippen LogP contribution < -0.4 is 0 Å². The fourth-order valence-corrected chi connectivity index (χ4v) is 3.88. The van der Waals surface area contributed by atoms with E-state index in [4.69, 9.17) is 11.6 Å². The minimum Gasteiger partial charge on any atom is -0.244 e. The maximum absolute atomic E-state index is 12.2. The molecule has 0 aliphatic rings. The van der Waals surface area contributed by atoms with Gasteiger partial charge in [-0.05, 0) is 23.1 Å². The second kappa shape index (κ2) is 5.36. The van der Waals surface area contributed by atoms with Crippen molar-refractivity contribution < 1.29 is 8.42 Å². The van der Waals surface area contributed by atoms with Crippen molar-refractivity contribution in [2.75, 3.05) is 7.05 Å². The Kier molecular flexibility index (Phi) is 4.01. The van der Waals surface area contributed by atoms with Crippen LogP contribution in [0.4, 0.5) is 0 Å². The van der Waals surface area contributed by atoms with Gasteiger partial charge in [0.25, 0.3) is 10.0 Å². The van der Waals surface area contributed by atoms with Gasteiger partial charge in [0.15, 0.2) is 0 Å². The highest BCUT2D eigenvalue weighted by atomic mass is 35.5. The summed E-state index contributed by atoms with van der Waals surface area (Å²) in [7, 11) is -1.87. The maximum atomic E-state index is 12.2. The quantitative estimate of drug-likeness (QED) is 0.816. The lowest BCUT2D eigenvalue weighted by Gasteiger charge is -2.15. The molecule has 4 nitrogen and oxygen atoms in total. The molecular weight excluding hydrogens is 292 g/mol. The van der Waals surface area contributed by atoms with Crippen LogP contribution in [0, 0.1) is 0 Å². The van der Waals surface area contributed by atoms with Gasteiger partial charge in [-0.25, -0.2) is 13.4 Å². The molecule has 2 aromatic heterocycles. The number of pyridine rings is 1. The van der Waals surface area contributed by atoms with Crippen LogP contribution in [-0.4, -0.2) is 24.8 Å². The molecule has 0 radical (unpaired) electrons. The van der Waals surface area contributed by atoms with E-state index in [-0.39, 0.29) is 6.54 Å². The standard InChI is InChI=1S/C11H11ClN2O2S2/c1-14(8-9-4-5-10(12)13-7-9)18(15,16)11-3-2-6-17-11/h2-7H,8H2,1H3. The molecule has 0 spiro atoms. The number of nitrogens with zero attached hydrogens (tertiary/aromatic N) is 2. The minimum atomic E-state index is -3.41. The molecular formula is C11H11ClN2O2S2. The van der Waals surface area contributed by atoms with Crippen LogP contribution in [0.25, 0.3) is 0 Å². The van der Waals surface area contributed by atoms with Crippen molar-refractivity contribution in [3.63, 3.8) is 0 Å². The average molecular weight is 303 g/mol. The smallest absolute Gasteiger partial charge is 0.244 e. The Bertz CT molecular complexity index is 609. The van der Waals surface area contributed by atoms with Crippen molar-refractivity contribution in [3.05, 3.63) is 46.6 Å². The first kappa shape index (κ1) is 13.5. The summed E-state index contributed by atoms with van der Waals surface area (Å²) in [4.78, 5) is 3.92. The van der Waals surface area contributed by atoms with Crippen LogP contribution in [0.5, 0.6) is 0 Å². The summed E-state index contributed by atoms with van der Waals surface area (Å²) in [6, 6.07) is 6.71. The Labute approximate surface area is 115 Å². The third kappa shape index (κ3) is 2.89. The lowest BCUT2D eigenvalue weighted by Crippen LogP contribution is -2.25. The predicted octanol–water partition coefficient (Wildman–Crippen LogP) is 2.62. The highest BCUT2D eigenvalue weighted by Crippen LogP contribution is 2.21. The summed E-state index contributed by atoms with van der Waals surface area (Å²) in [5, 5.41) is 2.13. The molecule has 0 aliphatic carbocycles. The molecule has 0 bridgehead atoms. The van der Waals surface area contributed by atoms with E-state index >= 15 is 0 Å². The van der Waals surface area contributed by atoms with Gasteiger partial charge >= 0.3 is 0 Å². The maximum Gasteiger partial charge on any atom is 0.252 e. The number of aromatic nitrogens is 1. The van der Waals surface area contributed by atoms with Gasteiger partial charge in [0, 0.05) is 19.8 Å². The number of thiophene rings is 1. The summed E-state index contributed by atoms with van der Waals surface area (Å²) in [5.41, 5.74) is 0.794. The monoisotopic (exact) mass is 302 g/mol. The first-order valence-electron chi connectivity index (χ1n) is 5.10. The van der Waals surface area contributed by atoms with E-state index in [1.165, 1.54) is 15.6 Å². The largest absolute Gasteiger partial charge is 0.252 e. The molecule has 0 atom stereocenters. The van der Waals surface area contributed by atoms with Crippen LogP contribution in [0.1, 0.15) is 5.56 Å². The molecule has 0 saturated carbocycles. The summed E-state index contributed by atoms with van der Waals surface area (Å²) in [6.45, 7) is 0.268. The zero-order valence-electron chi connectivity index (χ0n) is 9.58. The van der Waals surface area contributed by atoms with Crippen molar-refractivity contribution in [1.29, 1.82) is 0 Å². The van der Waals surface area contributed by atoms with E-state index in [2.05, 4.69) is 4.98 Å². The first-order valence-corrected chi connectivity index (χ1v) is 7.80. The summed E-state index contributed by atoms with van der Waals surface area (Å²) >= 11 is 6.88. The fraction of sp³-hybridized carbons (Fsp3) is 0.182. The number of hydrogen-bond donors (Lipinski definition) is 0. The molecule has 0 fully saturated rings. The number of halogens is 1. The molecule has 2 heterocycles. The van der Waals surface area contributed by atoms with Gasteiger partial charge in [0.1, 0.15) is 9.36 Å². The van der Waals surface area contributed by atoms with E-state index in [1.54, 1.807) is 42.9 Å². The predicted molar refractivity (Wildman–Crippen MR) is 72.2 cm³/mol. The third-order valence-electron chi connectivity index (χ3n) is 2.35. The van der Waals surface area contributed by atoms with E-state index in [1.807, 2.05) is 0 Å². The molecule has 18 heavy (non-hydrogen) atoms. The van der Waals surface area contributed by atoms with Crippen LogP contribution in [0.3, 0.4) is 0 Å². The van der Waals surface area contributed by atoms with Crippen LogP contribution >= 0.6 is 22.9 Å². The van der Waals surface area contributed by atoms with Gasteiger partial charge < -0.3 is 0 Å². The topological polar surface area (TPSA) is 50.3 Å². The number of hydrogen-bond acceptors (Lipinski definition) is 4. The van der Waals surface area contributed by atoms with Gasteiger partial charge in [-0.1, -0.05) is 23.7 Å². The lowest BCUT2D eigenvalue weighted by atomic mass is 10.3. The molecule has 96 valence electrons. The molecule has 7 heteroatoms. The highest BCUT2D eigenvalue weighted by molar-refractivity contribution is 7.91. The van der Waals surface area contributed by atoms with Crippen molar-refractivity contribution >= 4 is 33.0 Å². The molecule has 0 N–H and O–H groups in total. The minimum absolute atomic E-state index is 0.268. The SMILES string of the molecule is CN(Cc1ccc(Cl)nc1)S(=O)(=O)c1cccs1. The van der Waals surface area contributed by atoms with Crippen molar-refractivity contribution in [2.24, 2.45) is 0 Å². The van der Waals surface area contributed by atoms with Crippen LogP contribution in [-0.2, 0) is 16.6 Å². The summed E-state index contributed by atoms with van der Waals surface area (Å²) in [5.74, 6) is 0. The molecule has 0 amide bonds. The highest BCUT2D eigenvalue weighted by Gasteiger charge is 2.21. The van der Waals surface area contributed by atoms with E-state index < -0.39 is 10.0 Å². The van der Waals surface area contributed by atoms with E-state index in [0.29, 0.717) is 9.36 Å². The van der Waals surface area contributed by atoms with Gasteiger partial charge in [0.05, 0.1) is 0 Å². The average Bonchev–Trinajstić information content (AvgIpc) is 2.86. The Hall–Kier alpha value is -0.950. The fourth-order valence-electron chi connectivity index (χ4n) is 1.41. The number of sulfonamides is 1. The first-order chi connectivity index (χ1) is 8.50. The van der Waals surface area contributed by atoms with Crippen molar-refractivity contribution in [3.8, 4) is 0 Å². The molecule has 0 unspecified atom stereocenters. The van der Waals surface area contributed by atoms with Crippen LogP contribution in [0.2, 0.25) is 5.15 Å². The second-order valence-electron chi connectivity index (χ2n) is 3.68. The molecule has 0 saturated heterocycles. The summed E-state index contributed by atoms with van der Waals surface area (Å²) in [6.07, 6.45) is 1.57. The van der Waals surface area contributed by atoms with Gasteiger partial charge in [0.2, 0.25) is 0 Å². The molecule has 2 aromatic rings. The van der Waals surface area contributed by atoms with Crippen molar-refractivity contribution in [1.82, 2.24) is 9.29 Å². The van der Waals surface area contributed by atoms with E-state index in [0.717, 1.165) is 5.56 Å². The second-order valence-corrected chi connectivity index (χ2v) is 7.29. The van der Waals surface area contributed by atoms with Crippen LogP contribution in [0.15, 0.2) is 40.1 Å².